The molecule has 10 fully saturated rings. The summed E-state index contributed by atoms with van der Waals surface area (Å²) in [5.41, 5.74) is 0. The SMILES string of the molecule is C1CCCCC1.C1CCCCC1.C1CCCCC1.C1CCCCC1.C1CCCCC1.C1CCCCC1.C1CCCCC1.C1CCCCC1.C1CCCCC1.OCCCCC1CCCCC1. The zero-order chi connectivity index (χ0) is 46.1. The van der Waals surface area contributed by atoms with Gasteiger partial charge in [0.15, 0.2) is 0 Å². The van der Waals surface area contributed by atoms with E-state index in [1.54, 1.807) is 0 Å². The van der Waals surface area contributed by atoms with Gasteiger partial charge in [0.25, 0.3) is 0 Å². The molecular weight excluding hydrogens is 785 g/mol. The second-order valence-electron chi connectivity index (χ2n) is 22.8. The van der Waals surface area contributed by atoms with Crippen LogP contribution in [0.3, 0.4) is 0 Å². The Morgan fingerprint density at radius 2 is 0.292 bits per heavy atom. The molecule has 0 aromatic heterocycles. The molecule has 0 atom stereocenters. The van der Waals surface area contributed by atoms with E-state index in [4.69, 9.17) is 5.11 Å². The molecule has 10 aliphatic rings. The molecule has 390 valence electrons. The molecule has 0 unspecified atom stereocenters. The maximum absolute atomic E-state index is 8.60. The van der Waals surface area contributed by atoms with Gasteiger partial charge in [0.05, 0.1) is 0 Å². The lowest BCUT2D eigenvalue weighted by Gasteiger charge is -2.20. The van der Waals surface area contributed by atoms with Gasteiger partial charge in [0.1, 0.15) is 0 Å². The minimum atomic E-state index is 0.382. The summed E-state index contributed by atoms with van der Waals surface area (Å²) < 4.78 is 0. The second kappa shape index (κ2) is 58.3. The first kappa shape index (κ1) is 63.0. The fraction of sp³-hybridized carbons (Fsp3) is 1.00. The number of hydrogen-bond donors (Lipinski definition) is 1. The van der Waals surface area contributed by atoms with E-state index < -0.39 is 0 Å². The third-order valence-electron chi connectivity index (χ3n) is 16.2. The van der Waals surface area contributed by atoms with Crippen LogP contribution >= 0.6 is 0 Å². The molecule has 0 aromatic rings. The highest BCUT2D eigenvalue weighted by molar-refractivity contribution is 4.65. The molecule has 10 saturated carbocycles. The van der Waals surface area contributed by atoms with Gasteiger partial charge in [-0.2, -0.15) is 0 Å². The number of aliphatic hydroxyl groups excluding tert-OH is 1. The lowest BCUT2D eigenvalue weighted by molar-refractivity contribution is 0.267. The van der Waals surface area contributed by atoms with E-state index in [0.29, 0.717) is 6.61 Å². The molecule has 0 amide bonds. The van der Waals surface area contributed by atoms with Crippen LogP contribution in [-0.2, 0) is 0 Å². The van der Waals surface area contributed by atoms with Crippen molar-refractivity contribution in [1.29, 1.82) is 0 Å². The fourth-order valence-corrected chi connectivity index (χ4v) is 11.6. The quantitative estimate of drug-likeness (QED) is 0.279. The van der Waals surface area contributed by atoms with E-state index >= 15 is 0 Å². The van der Waals surface area contributed by atoms with Crippen molar-refractivity contribution in [2.24, 2.45) is 5.92 Å². The Morgan fingerprint density at radius 1 is 0.169 bits per heavy atom. The topological polar surface area (TPSA) is 20.2 Å². The van der Waals surface area contributed by atoms with Crippen molar-refractivity contribution in [3.05, 3.63) is 0 Å². The Bertz CT molecular complexity index is 489. The predicted octanol–water partition coefficient (Wildman–Crippen LogP) is 23.8. The smallest absolute Gasteiger partial charge is 0.0431 e. The van der Waals surface area contributed by atoms with Gasteiger partial charge in [-0.3, -0.25) is 0 Å². The van der Waals surface area contributed by atoms with E-state index in [-0.39, 0.29) is 0 Å². The van der Waals surface area contributed by atoms with Crippen LogP contribution in [0.5, 0.6) is 0 Å². The molecule has 10 aliphatic carbocycles. The van der Waals surface area contributed by atoms with Crippen LogP contribution in [0, 0.1) is 5.92 Å². The summed E-state index contributed by atoms with van der Waals surface area (Å²) >= 11 is 0. The molecule has 0 radical (unpaired) electrons. The summed E-state index contributed by atoms with van der Waals surface area (Å²) in [5.74, 6) is 0.996. The van der Waals surface area contributed by atoms with Crippen molar-refractivity contribution in [1.82, 2.24) is 0 Å². The minimum Gasteiger partial charge on any atom is -0.396 e. The van der Waals surface area contributed by atoms with Gasteiger partial charge in [-0.15, -0.1) is 0 Å². The fourth-order valence-electron chi connectivity index (χ4n) is 11.6. The first-order chi connectivity index (χ1) is 32.4. The van der Waals surface area contributed by atoms with Gasteiger partial charge in [0, 0.05) is 6.61 Å². The zero-order valence-electron chi connectivity index (χ0n) is 45.6. The third-order valence-corrected chi connectivity index (χ3v) is 16.2. The van der Waals surface area contributed by atoms with Gasteiger partial charge in [-0.05, 0) is 12.3 Å². The Labute approximate surface area is 414 Å². The zero-order valence-corrected chi connectivity index (χ0v) is 45.6. The Kier molecular flexibility index (Phi) is 56.5. The molecule has 0 spiro atoms. The van der Waals surface area contributed by atoms with E-state index in [1.807, 2.05) is 0 Å². The summed E-state index contributed by atoms with van der Waals surface area (Å²) in [5, 5.41) is 8.60. The summed E-state index contributed by atoms with van der Waals surface area (Å²) in [6.07, 6.45) is 91.9. The summed E-state index contributed by atoms with van der Waals surface area (Å²) in [6.45, 7) is 0.382. The van der Waals surface area contributed by atoms with Crippen LogP contribution in [0.15, 0.2) is 0 Å². The van der Waals surface area contributed by atoms with Gasteiger partial charge >= 0.3 is 0 Å². The average molecular weight is 914 g/mol. The largest absolute Gasteiger partial charge is 0.396 e. The van der Waals surface area contributed by atoms with Crippen LogP contribution in [0.25, 0.3) is 0 Å². The van der Waals surface area contributed by atoms with Crippen molar-refractivity contribution >= 4 is 0 Å². The summed E-state index contributed by atoms with van der Waals surface area (Å²) in [4.78, 5) is 0. The monoisotopic (exact) mass is 913 g/mol. The summed E-state index contributed by atoms with van der Waals surface area (Å²) in [6, 6.07) is 0. The Morgan fingerprint density at radius 3 is 0.415 bits per heavy atom. The predicted molar refractivity (Wildman–Crippen MR) is 297 cm³/mol. The normalized spacial score (nSPS) is 23.4. The van der Waals surface area contributed by atoms with Crippen molar-refractivity contribution in [2.75, 3.05) is 6.61 Å². The van der Waals surface area contributed by atoms with Gasteiger partial charge < -0.3 is 5.11 Å². The van der Waals surface area contributed by atoms with E-state index in [9.17, 15) is 0 Å². The lowest BCUT2D eigenvalue weighted by Crippen LogP contribution is -2.05. The van der Waals surface area contributed by atoms with Gasteiger partial charge in [-0.1, -0.05) is 392 Å². The number of hydrogen-bond acceptors (Lipinski definition) is 1. The first-order valence-corrected chi connectivity index (χ1v) is 32.0. The highest BCUT2D eigenvalue weighted by atomic mass is 16.2. The van der Waals surface area contributed by atoms with Crippen molar-refractivity contribution in [3.63, 3.8) is 0 Å². The Hall–Kier alpha value is -0.0400. The van der Waals surface area contributed by atoms with Crippen LogP contribution < -0.4 is 0 Å². The third kappa shape index (κ3) is 54.8. The van der Waals surface area contributed by atoms with Crippen LogP contribution in [0.2, 0.25) is 0 Å². The molecule has 0 bridgehead atoms. The van der Waals surface area contributed by atoms with Gasteiger partial charge in [0.2, 0.25) is 0 Å². The van der Waals surface area contributed by atoms with Crippen LogP contribution in [0.4, 0.5) is 0 Å². The Balaban J connectivity index is 0.000000364. The van der Waals surface area contributed by atoms with E-state index in [0.717, 1.165) is 12.3 Å². The molecule has 1 heteroatoms. The second-order valence-corrected chi connectivity index (χ2v) is 22.8. The molecule has 10 rings (SSSR count). The van der Waals surface area contributed by atoms with Crippen LogP contribution in [0.1, 0.15) is 398 Å². The number of unbranched alkanes of at least 4 members (excludes halogenated alkanes) is 1. The molecule has 1 nitrogen and oxygen atoms in total. The van der Waals surface area contributed by atoms with E-state index in [2.05, 4.69) is 0 Å². The van der Waals surface area contributed by atoms with Crippen molar-refractivity contribution in [3.8, 4) is 0 Å². The highest BCUT2D eigenvalue weighted by Gasteiger charge is 2.12. The number of rotatable bonds is 4. The highest BCUT2D eigenvalue weighted by Crippen LogP contribution is 2.27. The maximum Gasteiger partial charge on any atom is 0.0431 e. The molecule has 0 saturated heterocycles. The van der Waals surface area contributed by atoms with Crippen molar-refractivity contribution < 1.29 is 5.11 Å². The summed E-state index contributed by atoms with van der Waals surface area (Å²) in [7, 11) is 0. The molecule has 1 N–H and O–H groups in total. The van der Waals surface area contributed by atoms with Gasteiger partial charge in [-0.25, -0.2) is 0 Å². The maximum atomic E-state index is 8.60. The molecule has 0 aromatic carbocycles. The lowest BCUT2D eigenvalue weighted by atomic mass is 9.86. The standard InChI is InChI=1S/C10H20O.9C6H12/c11-9-5-4-8-10-6-2-1-3-7-10;9*1-2-4-6-5-3-1/h10-11H,1-9H2;9*1-6H2. The minimum absolute atomic E-state index is 0.382. The molecule has 65 heavy (non-hydrogen) atoms. The molecule has 0 aliphatic heterocycles. The van der Waals surface area contributed by atoms with Crippen LogP contribution in [-0.4, -0.2) is 11.7 Å². The van der Waals surface area contributed by atoms with E-state index in [1.165, 1.54) is 392 Å². The van der Waals surface area contributed by atoms with Crippen molar-refractivity contribution in [2.45, 2.75) is 398 Å². The number of aliphatic hydroxyl groups is 1. The molecule has 0 heterocycles. The average Bonchev–Trinajstić information content (AvgIpc) is 3.45. The first-order valence-electron chi connectivity index (χ1n) is 32.0. The molecular formula is C64H128O.